The molecular weight excluding hydrogens is 246 g/mol. The van der Waals surface area contributed by atoms with Crippen LogP contribution in [0.4, 0.5) is 0 Å². The molecule has 3 nitrogen and oxygen atoms in total. The fourth-order valence-electron chi connectivity index (χ4n) is 1.76. The van der Waals surface area contributed by atoms with Gasteiger partial charge >= 0.3 is 0 Å². The van der Waals surface area contributed by atoms with Gasteiger partial charge in [0, 0.05) is 11.3 Å². The first-order valence-electron chi connectivity index (χ1n) is 5.87. The molecule has 1 amide bonds. The largest absolute Gasteiger partial charge is 0.342 e. The Morgan fingerprint density at radius 1 is 1.39 bits per heavy atom. The molecule has 2 rings (SSSR count). The zero-order chi connectivity index (χ0) is 13.0. The summed E-state index contributed by atoms with van der Waals surface area (Å²) in [5.74, 6) is 0.630. The number of hydrogen-bond acceptors (Lipinski definition) is 3. The van der Waals surface area contributed by atoms with Crippen LogP contribution in [-0.4, -0.2) is 22.8 Å². The van der Waals surface area contributed by atoms with Crippen LogP contribution in [0.25, 0.3) is 6.08 Å². The topological polar surface area (TPSA) is 46.2 Å². The monoisotopic (exact) mass is 261 g/mol. The molecule has 1 atom stereocenters. The number of thioether (sulfide) groups is 1. The number of benzene rings is 1. The lowest BCUT2D eigenvalue weighted by Crippen LogP contribution is -2.37. The molecule has 0 bridgehead atoms. The number of carbonyl (C=O) groups is 2. The summed E-state index contributed by atoms with van der Waals surface area (Å²) in [5, 5.41) is 2.84. The van der Waals surface area contributed by atoms with Crippen molar-refractivity contribution < 1.29 is 9.59 Å². The first-order valence-corrected chi connectivity index (χ1v) is 6.86. The van der Waals surface area contributed by atoms with E-state index < -0.39 is 0 Å². The van der Waals surface area contributed by atoms with Crippen molar-refractivity contribution in [1.82, 2.24) is 5.32 Å². The minimum absolute atomic E-state index is 0.0656. The minimum atomic E-state index is -0.318. The van der Waals surface area contributed by atoms with E-state index in [0.29, 0.717) is 5.57 Å². The van der Waals surface area contributed by atoms with Gasteiger partial charge in [0.1, 0.15) is 0 Å². The van der Waals surface area contributed by atoms with E-state index in [1.54, 1.807) is 6.92 Å². The Hall–Kier alpha value is -1.55. The second-order valence-corrected chi connectivity index (χ2v) is 5.32. The SMILES string of the molecule is C/C(=C\c1ccccc1)C(=O)N[C@H]1CCSC1=O. The molecule has 4 heteroatoms. The van der Waals surface area contributed by atoms with Gasteiger partial charge in [0.15, 0.2) is 0 Å². The summed E-state index contributed by atoms with van der Waals surface area (Å²) in [6.45, 7) is 1.76. The summed E-state index contributed by atoms with van der Waals surface area (Å²) >= 11 is 1.29. The summed E-state index contributed by atoms with van der Waals surface area (Å²) in [6, 6.07) is 9.34. The highest BCUT2D eigenvalue weighted by Gasteiger charge is 2.26. The fraction of sp³-hybridized carbons (Fsp3) is 0.286. The highest BCUT2D eigenvalue weighted by atomic mass is 32.2. The maximum absolute atomic E-state index is 11.9. The standard InChI is InChI=1S/C14H15NO2S/c1-10(9-11-5-3-2-4-6-11)13(16)15-12-7-8-18-14(12)17/h2-6,9,12H,7-8H2,1H3,(H,15,16)/b10-9+/t12-/m0/s1. The Balaban J connectivity index is 2.00. The molecule has 0 aromatic heterocycles. The van der Waals surface area contributed by atoms with Gasteiger partial charge in [-0.15, -0.1) is 0 Å². The van der Waals surface area contributed by atoms with Gasteiger partial charge in [-0.2, -0.15) is 0 Å². The minimum Gasteiger partial charge on any atom is -0.342 e. The molecule has 1 N–H and O–H groups in total. The van der Waals surface area contributed by atoms with Gasteiger partial charge < -0.3 is 5.32 Å². The van der Waals surface area contributed by atoms with Crippen molar-refractivity contribution in [3.63, 3.8) is 0 Å². The molecule has 1 heterocycles. The summed E-state index contributed by atoms with van der Waals surface area (Å²) in [7, 11) is 0. The number of amides is 1. The molecule has 0 radical (unpaired) electrons. The van der Waals surface area contributed by atoms with E-state index >= 15 is 0 Å². The van der Waals surface area contributed by atoms with Crippen molar-refractivity contribution in [3.05, 3.63) is 41.5 Å². The number of carbonyl (C=O) groups excluding carboxylic acids is 2. The highest BCUT2D eigenvalue weighted by Crippen LogP contribution is 2.19. The molecule has 0 saturated carbocycles. The summed E-state index contributed by atoms with van der Waals surface area (Å²) in [6.07, 6.45) is 2.55. The third-order valence-electron chi connectivity index (χ3n) is 2.78. The van der Waals surface area contributed by atoms with Gasteiger partial charge in [-0.05, 0) is 25.0 Å². The molecule has 1 fully saturated rings. The average Bonchev–Trinajstić information content (AvgIpc) is 2.76. The summed E-state index contributed by atoms with van der Waals surface area (Å²) in [5.41, 5.74) is 1.60. The van der Waals surface area contributed by atoms with Gasteiger partial charge in [0.2, 0.25) is 11.0 Å². The van der Waals surface area contributed by atoms with E-state index in [9.17, 15) is 9.59 Å². The number of hydrogen-bond donors (Lipinski definition) is 1. The fourth-order valence-corrected chi connectivity index (χ4v) is 2.70. The second-order valence-electron chi connectivity index (χ2n) is 4.22. The molecule has 0 spiro atoms. The third kappa shape index (κ3) is 3.23. The first kappa shape index (κ1) is 12.9. The molecule has 1 saturated heterocycles. The van der Waals surface area contributed by atoms with E-state index in [2.05, 4.69) is 5.32 Å². The molecule has 1 aromatic carbocycles. The quantitative estimate of drug-likeness (QED) is 0.849. The van der Waals surface area contributed by atoms with Crippen molar-refractivity contribution in [2.75, 3.05) is 5.75 Å². The van der Waals surface area contributed by atoms with E-state index in [0.717, 1.165) is 17.7 Å². The van der Waals surface area contributed by atoms with Crippen LogP contribution in [0, 0.1) is 0 Å². The maximum atomic E-state index is 11.9. The number of rotatable bonds is 3. The van der Waals surface area contributed by atoms with Crippen molar-refractivity contribution in [2.45, 2.75) is 19.4 Å². The van der Waals surface area contributed by atoms with Crippen LogP contribution in [0.1, 0.15) is 18.9 Å². The lowest BCUT2D eigenvalue weighted by atomic mass is 10.1. The molecule has 18 heavy (non-hydrogen) atoms. The van der Waals surface area contributed by atoms with Crippen molar-refractivity contribution in [2.24, 2.45) is 0 Å². The van der Waals surface area contributed by atoms with Crippen LogP contribution in [0.2, 0.25) is 0 Å². The van der Waals surface area contributed by atoms with Gasteiger partial charge in [0.05, 0.1) is 6.04 Å². The maximum Gasteiger partial charge on any atom is 0.247 e. The molecule has 94 valence electrons. The summed E-state index contributed by atoms with van der Waals surface area (Å²) < 4.78 is 0. The third-order valence-corrected chi connectivity index (χ3v) is 3.79. The van der Waals surface area contributed by atoms with Gasteiger partial charge in [-0.1, -0.05) is 42.1 Å². The molecule has 0 aliphatic carbocycles. The van der Waals surface area contributed by atoms with Crippen LogP contribution in [-0.2, 0) is 9.59 Å². The second kappa shape index (κ2) is 5.87. The predicted octanol–water partition coefficient (Wildman–Crippen LogP) is 2.24. The lowest BCUT2D eigenvalue weighted by molar-refractivity contribution is -0.121. The zero-order valence-electron chi connectivity index (χ0n) is 10.2. The first-order chi connectivity index (χ1) is 8.66. The molecular formula is C14H15NO2S. The van der Waals surface area contributed by atoms with Crippen LogP contribution >= 0.6 is 11.8 Å². The number of nitrogens with one attached hydrogen (secondary N) is 1. The smallest absolute Gasteiger partial charge is 0.247 e. The Morgan fingerprint density at radius 2 is 2.11 bits per heavy atom. The Kier molecular flexibility index (Phi) is 4.20. The van der Waals surface area contributed by atoms with Crippen LogP contribution < -0.4 is 5.32 Å². The van der Waals surface area contributed by atoms with Crippen LogP contribution in [0.5, 0.6) is 0 Å². The summed E-state index contributed by atoms with van der Waals surface area (Å²) in [4.78, 5) is 23.3. The van der Waals surface area contributed by atoms with E-state index in [-0.39, 0.29) is 17.1 Å². The van der Waals surface area contributed by atoms with Crippen molar-refractivity contribution >= 4 is 28.9 Å². The Labute approximate surface area is 111 Å². The van der Waals surface area contributed by atoms with Gasteiger partial charge in [0.25, 0.3) is 0 Å². The van der Waals surface area contributed by atoms with Gasteiger partial charge in [-0.25, -0.2) is 0 Å². The molecule has 1 aliphatic rings. The van der Waals surface area contributed by atoms with Crippen molar-refractivity contribution in [3.8, 4) is 0 Å². The molecule has 1 aromatic rings. The lowest BCUT2D eigenvalue weighted by Gasteiger charge is -2.10. The molecule has 0 unspecified atom stereocenters. The van der Waals surface area contributed by atoms with Gasteiger partial charge in [-0.3, -0.25) is 9.59 Å². The van der Waals surface area contributed by atoms with Crippen LogP contribution in [0.3, 0.4) is 0 Å². The zero-order valence-corrected chi connectivity index (χ0v) is 11.0. The van der Waals surface area contributed by atoms with E-state index in [4.69, 9.17) is 0 Å². The predicted molar refractivity (Wildman–Crippen MR) is 74.1 cm³/mol. The van der Waals surface area contributed by atoms with E-state index in [1.165, 1.54) is 11.8 Å². The van der Waals surface area contributed by atoms with Crippen LogP contribution in [0.15, 0.2) is 35.9 Å². The Bertz CT molecular complexity index is 482. The highest BCUT2D eigenvalue weighted by molar-refractivity contribution is 8.14. The van der Waals surface area contributed by atoms with Crippen molar-refractivity contribution in [1.29, 1.82) is 0 Å². The van der Waals surface area contributed by atoms with E-state index in [1.807, 2.05) is 36.4 Å². The molecule has 1 aliphatic heterocycles. The average molecular weight is 261 g/mol. The Morgan fingerprint density at radius 3 is 2.72 bits per heavy atom. The normalized spacial score (nSPS) is 19.9.